The third kappa shape index (κ3) is 2.02. The number of anilines is 1. The molecule has 84 valence electrons. The molecule has 3 nitrogen and oxygen atoms in total. The molecule has 0 bridgehead atoms. The van der Waals surface area contributed by atoms with Crippen molar-refractivity contribution >= 4 is 16.5 Å². The van der Waals surface area contributed by atoms with Gasteiger partial charge >= 0.3 is 0 Å². The molecule has 0 aliphatic heterocycles. The second kappa shape index (κ2) is 4.53. The van der Waals surface area contributed by atoms with Gasteiger partial charge in [0.2, 0.25) is 0 Å². The van der Waals surface area contributed by atoms with Gasteiger partial charge in [0, 0.05) is 10.4 Å². The summed E-state index contributed by atoms with van der Waals surface area (Å²) in [4.78, 5) is 5.59. The number of methoxy groups -OCH3 is 1. The van der Waals surface area contributed by atoms with Crippen LogP contribution in [0.1, 0.15) is 11.8 Å². The van der Waals surface area contributed by atoms with Crippen LogP contribution in [0.3, 0.4) is 0 Å². The molecular weight excluding hydrogens is 220 g/mol. The number of rotatable bonds is 3. The van der Waals surface area contributed by atoms with Gasteiger partial charge in [-0.1, -0.05) is 6.92 Å². The number of hydrogen-bond acceptors (Lipinski definition) is 4. The lowest BCUT2D eigenvalue weighted by Crippen LogP contribution is -1.86. The Bertz CT molecular complexity index is 476. The van der Waals surface area contributed by atoms with Crippen LogP contribution in [0.25, 0.3) is 11.3 Å². The number of aryl methyl sites for hydroxylation is 1. The first kappa shape index (κ1) is 11.0. The lowest BCUT2D eigenvalue weighted by Gasteiger charge is -2.02. The van der Waals surface area contributed by atoms with Crippen LogP contribution in [-0.2, 0) is 6.42 Å². The molecule has 2 N–H and O–H groups in total. The number of benzene rings is 1. The zero-order valence-corrected chi connectivity index (χ0v) is 10.2. The van der Waals surface area contributed by atoms with Crippen LogP contribution in [0.5, 0.6) is 5.75 Å². The van der Waals surface area contributed by atoms with Gasteiger partial charge in [0.25, 0.3) is 0 Å². The van der Waals surface area contributed by atoms with Crippen molar-refractivity contribution in [3.05, 3.63) is 29.1 Å². The van der Waals surface area contributed by atoms with Gasteiger partial charge in [-0.2, -0.15) is 0 Å². The number of nitrogens with two attached hydrogens (primary N) is 1. The van der Waals surface area contributed by atoms with Crippen LogP contribution >= 0.6 is 11.3 Å². The number of thiazole rings is 1. The minimum atomic E-state index is 0.627. The number of ether oxygens (including phenoxy) is 1. The quantitative estimate of drug-likeness (QED) is 0.888. The summed E-state index contributed by atoms with van der Waals surface area (Å²) in [6.45, 7) is 2.11. The standard InChI is InChI=1S/C12H14N2OS/c1-3-10-11(14-12(13)16-10)8-4-6-9(15-2)7-5-8/h4-7H,3H2,1-2H3,(H2,13,14). The maximum Gasteiger partial charge on any atom is 0.180 e. The zero-order valence-electron chi connectivity index (χ0n) is 9.36. The fourth-order valence-electron chi connectivity index (χ4n) is 1.58. The van der Waals surface area contributed by atoms with Crippen molar-refractivity contribution in [2.24, 2.45) is 0 Å². The first-order chi connectivity index (χ1) is 7.74. The van der Waals surface area contributed by atoms with Crippen molar-refractivity contribution < 1.29 is 4.74 Å². The smallest absolute Gasteiger partial charge is 0.180 e. The average Bonchev–Trinajstić information content (AvgIpc) is 2.70. The molecule has 0 saturated heterocycles. The Morgan fingerprint density at radius 2 is 2.00 bits per heavy atom. The maximum absolute atomic E-state index is 5.73. The van der Waals surface area contributed by atoms with Crippen molar-refractivity contribution in [3.63, 3.8) is 0 Å². The molecule has 0 spiro atoms. The summed E-state index contributed by atoms with van der Waals surface area (Å²) < 4.78 is 5.12. The molecule has 0 atom stereocenters. The van der Waals surface area contributed by atoms with Gasteiger partial charge in [0.1, 0.15) is 5.75 Å². The van der Waals surface area contributed by atoms with E-state index in [1.165, 1.54) is 4.88 Å². The topological polar surface area (TPSA) is 48.1 Å². The molecule has 1 aromatic heterocycles. The Kier molecular flexibility index (Phi) is 3.10. The van der Waals surface area contributed by atoms with Gasteiger partial charge in [0.05, 0.1) is 12.8 Å². The van der Waals surface area contributed by atoms with Crippen LogP contribution in [0.2, 0.25) is 0 Å². The molecular formula is C12H14N2OS. The van der Waals surface area contributed by atoms with Crippen LogP contribution in [0.15, 0.2) is 24.3 Å². The van der Waals surface area contributed by atoms with E-state index in [1.54, 1.807) is 18.4 Å². The average molecular weight is 234 g/mol. The van der Waals surface area contributed by atoms with Crippen molar-refractivity contribution in [1.29, 1.82) is 0 Å². The lowest BCUT2D eigenvalue weighted by atomic mass is 10.1. The molecule has 0 aliphatic carbocycles. The van der Waals surface area contributed by atoms with E-state index in [0.717, 1.165) is 23.4 Å². The molecule has 1 heterocycles. The van der Waals surface area contributed by atoms with E-state index < -0.39 is 0 Å². The van der Waals surface area contributed by atoms with Crippen molar-refractivity contribution in [1.82, 2.24) is 4.98 Å². The number of aromatic nitrogens is 1. The predicted octanol–water partition coefficient (Wildman–Crippen LogP) is 2.96. The first-order valence-electron chi connectivity index (χ1n) is 5.14. The van der Waals surface area contributed by atoms with Crippen LogP contribution in [0, 0.1) is 0 Å². The second-order valence-corrected chi connectivity index (χ2v) is 4.52. The number of nitrogens with zero attached hydrogens (tertiary/aromatic N) is 1. The minimum absolute atomic E-state index is 0.627. The molecule has 0 amide bonds. The van der Waals surface area contributed by atoms with E-state index in [9.17, 15) is 0 Å². The highest BCUT2D eigenvalue weighted by atomic mass is 32.1. The Hall–Kier alpha value is -1.55. The van der Waals surface area contributed by atoms with Gasteiger partial charge in [-0.05, 0) is 30.7 Å². The van der Waals surface area contributed by atoms with Gasteiger partial charge in [-0.25, -0.2) is 4.98 Å². The Morgan fingerprint density at radius 1 is 1.31 bits per heavy atom. The molecule has 1 aromatic carbocycles. The molecule has 0 aliphatic rings. The number of nitrogen functional groups attached to an aromatic ring is 1. The summed E-state index contributed by atoms with van der Waals surface area (Å²) >= 11 is 1.55. The van der Waals surface area contributed by atoms with Crippen LogP contribution in [0.4, 0.5) is 5.13 Å². The van der Waals surface area contributed by atoms with Crippen molar-refractivity contribution in [3.8, 4) is 17.0 Å². The Labute approximate surface area is 98.9 Å². The maximum atomic E-state index is 5.73. The highest BCUT2D eigenvalue weighted by Gasteiger charge is 2.09. The SMILES string of the molecule is CCc1sc(N)nc1-c1ccc(OC)cc1. The van der Waals surface area contributed by atoms with Gasteiger partial charge < -0.3 is 10.5 Å². The van der Waals surface area contributed by atoms with E-state index in [4.69, 9.17) is 10.5 Å². The van der Waals surface area contributed by atoms with E-state index >= 15 is 0 Å². The Balaban J connectivity index is 2.41. The molecule has 2 rings (SSSR count). The molecule has 16 heavy (non-hydrogen) atoms. The molecule has 0 radical (unpaired) electrons. The molecule has 0 fully saturated rings. The van der Waals surface area contributed by atoms with Crippen molar-refractivity contribution in [2.45, 2.75) is 13.3 Å². The highest BCUT2D eigenvalue weighted by molar-refractivity contribution is 7.15. The minimum Gasteiger partial charge on any atom is -0.497 e. The summed E-state index contributed by atoms with van der Waals surface area (Å²) in [6.07, 6.45) is 0.955. The number of hydrogen-bond donors (Lipinski definition) is 1. The first-order valence-corrected chi connectivity index (χ1v) is 5.96. The van der Waals surface area contributed by atoms with Crippen molar-refractivity contribution in [2.75, 3.05) is 12.8 Å². The molecule has 0 saturated carbocycles. The fraction of sp³-hybridized carbons (Fsp3) is 0.250. The predicted molar refractivity (Wildman–Crippen MR) is 67.9 cm³/mol. The van der Waals surface area contributed by atoms with Gasteiger partial charge in [0.15, 0.2) is 5.13 Å². The highest BCUT2D eigenvalue weighted by Crippen LogP contribution is 2.30. The van der Waals surface area contributed by atoms with Gasteiger partial charge in [-0.3, -0.25) is 0 Å². The monoisotopic (exact) mass is 234 g/mol. The normalized spacial score (nSPS) is 10.4. The molecule has 4 heteroatoms. The molecule has 2 aromatic rings. The summed E-state index contributed by atoms with van der Waals surface area (Å²) in [7, 11) is 1.66. The van der Waals surface area contributed by atoms with E-state index in [-0.39, 0.29) is 0 Å². The van der Waals surface area contributed by atoms with Crippen LogP contribution in [-0.4, -0.2) is 12.1 Å². The summed E-state index contributed by atoms with van der Waals surface area (Å²) in [5.74, 6) is 0.852. The van der Waals surface area contributed by atoms with Gasteiger partial charge in [-0.15, -0.1) is 11.3 Å². The summed E-state index contributed by atoms with van der Waals surface area (Å²) in [5.41, 5.74) is 7.81. The van der Waals surface area contributed by atoms with E-state index in [2.05, 4.69) is 11.9 Å². The Morgan fingerprint density at radius 3 is 2.56 bits per heavy atom. The summed E-state index contributed by atoms with van der Waals surface area (Å²) in [6, 6.07) is 7.88. The second-order valence-electron chi connectivity index (χ2n) is 3.41. The van der Waals surface area contributed by atoms with Crippen LogP contribution < -0.4 is 10.5 Å². The molecule has 0 unspecified atom stereocenters. The lowest BCUT2D eigenvalue weighted by molar-refractivity contribution is 0.415. The largest absolute Gasteiger partial charge is 0.497 e. The third-order valence-electron chi connectivity index (χ3n) is 2.40. The third-order valence-corrected chi connectivity index (χ3v) is 3.43. The fourth-order valence-corrected chi connectivity index (χ4v) is 2.38. The zero-order chi connectivity index (χ0) is 11.5. The summed E-state index contributed by atoms with van der Waals surface area (Å²) in [5, 5.41) is 0.627. The van der Waals surface area contributed by atoms with E-state index in [1.807, 2.05) is 24.3 Å². The van der Waals surface area contributed by atoms with E-state index in [0.29, 0.717) is 5.13 Å².